The Hall–Kier alpha value is -3.54. The molecule has 0 spiro atoms. The Kier molecular flexibility index (Phi) is 5.47. The number of hydrogen-bond donors (Lipinski definition) is 3. The van der Waals surface area contributed by atoms with E-state index in [1.807, 2.05) is 0 Å². The number of carbonyl (C=O) groups excluding carboxylic acids is 3. The highest BCUT2D eigenvalue weighted by atomic mass is 32.2. The summed E-state index contributed by atoms with van der Waals surface area (Å²) < 4.78 is 34.3. The lowest BCUT2D eigenvalue weighted by atomic mass is 9.96. The van der Waals surface area contributed by atoms with Crippen LogP contribution in [0.2, 0.25) is 0 Å². The first-order valence-corrected chi connectivity index (χ1v) is 12.2. The van der Waals surface area contributed by atoms with E-state index in [0.717, 1.165) is 47.3 Å². The van der Waals surface area contributed by atoms with Crippen LogP contribution in [0.1, 0.15) is 44.9 Å². The lowest BCUT2D eigenvalue weighted by molar-refractivity contribution is -0.131. The third kappa shape index (κ3) is 3.67. The first-order valence-electron chi connectivity index (χ1n) is 10.8. The Labute approximate surface area is 194 Å². The van der Waals surface area contributed by atoms with Crippen LogP contribution in [0, 0.1) is 0 Å². The molecule has 3 amide bonds. The molecular formula is C23H21N3O7S. The van der Waals surface area contributed by atoms with Crippen LogP contribution in [0.3, 0.4) is 0 Å². The predicted molar refractivity (Wildman–Crippen MR) is 119 cm³/mol. The van der Waals surface area contributed by atoms with E-state index >= 15 is 0 Å². The maximum Gasteiger partial charge on any atom is 0.263 e. The topological polar surface area (TPSA) is 146 Å². The summed E-state index contributed by atoms with van der Waals surface area (Å²) in [5.41, 5.74) is 3.22. The Morgan fingerprint density at radius 1 is 1.06 bits per heavy atom. The van der Waals surface area contributed by atoms with Crippen molar-refractivity contribution in [2.24, 2.45) is 0 Å². The summed E-state index contributed by atoms with van der Waals surface area (Å²) in [7, 11) is -4.28. The average molecular weight is 484 g/mol. The van der Waals surface area contributed by atoms with Gasteiger partial charge in [-0.25, -0.2) is 13.9 Å². The molecule has 2 heterocycles. The number of hydroxylamine groups is 1. The van der Waals surface area contributed by atoms with Gasteiger partial charge in [-0.2, -0.15) is 4.72 Å². The minimum absolute atomic E-state index is 0.149. The van der Waals surface area contributed by atoms with E-state index in [1.165, 1.54) is 29.7 Å². The van der Waals surface area contributed by atoms with Crippen molar-refractivity contribution in [2.75, 3.05) is 6.54 Å². The highest BCUT2D eigenvalue weighted by Crippen LogP contribution is 2.33. The number of amides is 3. The van der Waals surface area contributed by atoms with Gasteiger partial charge in [-0.15, -0.1) is 0 Å². The van der Waals surface area contributed by atoms with Crippen LogP contribution in [0.4, 0.5) is 0 Å². The van der Waals surface area contributed by atoms with Gasteiger partial charge in [0, 0.05) is 23.4 Å². The van der Waals surface area contributed by atoms with Crippen LogP contribution in [-0.4, -0.2) is 48.8 Å². The molecule has 1 atom stereocenters. The molecule has 10 nitrogen and oxygen atoms in total. The number of rotatable bonds is 6. The lowest BCUT2D eigenvalue weighted by Gasteiger charge is -2.22. The fourth-order valence-corrected chi connectivity index (χ4v) is 5.71. The number of hydrogen-bond acceptors (Lipinski definition) is 7. The maximum atomic E-state index is 13.1. The van der Waals surface area contributed by atoms with Crippen LogP contribution < -0.4 is 10.2 Å². The summed E-state index contributed by atoms with van der Waals surface area (Å²) in [6.45, 7) is -0.602. The van der Waals surface area contributed by atoms with Gasteiger partial charge in [-0.3, -0.25) is 24.5 Å². The third-order valence-corrected chi connectivity index (χ3v) is 7.68. The van der Waals surface area contributed by atoms with Gasteiger partial charge < -0.3 is 4.42 Å². The monoisotopic (exact) mass is 483 g/mol. The summed E-state index contributed by atoms with van der Waals surface area (Å²) in [6, 6.07) is 8.96. The molecule has 2 aromatic carbocycles. The fraction of sp³-hybridized carbons (Fsp3) is 0.261. The van der Waals surface area contributed by atoms with E-state index in [-0.39, 0.29) is 16.0 Å². The van der Waals surface area contributed by atoms with Crippen molar-refractivity contribution in [3.8, 4) is 0 Å². The number of imide groups is 1. The van der Waals surface area contributed by atoms with E-state index in [9.17, 15) is 22.8 Å². The third-order valence-electron chi connectivity index (χ3n) is 6.21. The molecule has 1 aliphatic carbocycles. The second kappa shape index (κ2) is 8.35. The van der Waals surface area contributed by atoms with E-state index < -0.39 is 40.3 Å². The Balaban J connectivity index is 1.42. The van der Waals surface area contributed by atoms with Gasteiger partial charge in [-0.05, 0) is 43.5 Å². The van der Waals surface area contributed by atoms with E-state index in [2.05, 4.69) is 4.72 Å². The van der Waals surface area contributed by atoms with Crippen molar-refractivity contribution in [2.45, 2.75) is 36.6 Å². The van der Waals surface area contributed by atoms with Gasteiger partial charge in [0.1, 0.15) is 17.4 Å². The molecule has 0 saturated carbocycles. The van der Waals surface area contributed by atoms with Crippen LogP contribution >= 0.6 is 0 Å². The summed E-state index contributed by atoms with van der Waals surface area (Å²) in [4.78, 5) is 38.2. The summed E-state index contributed by atoms with van der Waals surface area (Å²) in [5, 5.41) is 10.0. The second-order valence-electron chi connectivity index (χ2n) is 8.29. The number of furan rings is 1. The number of nitrogens with one attached hydrogen (secondary N) is 2. The van der Waals surface area contributed by atoms with Crippen molar-refractivity contribution < 1.29 is 32.4 Å². The molecular weight excluding hydrogens is 462 g/mol. The molecule has 0 unspecified atom stereocenters. The fourth-order valence-electron chi connectivity index (χ4n) is 4.51. The van der Waals surface area contributed by atoms with E-state index in [0.29, 0.717) is 5.58 Å². The van der Waals surface area contributed by atoms with Crippen molar-refractivity contribution in [1.82, 2.24) is 15.1 Å². The minimum atomic E-state index is -4.28. The summed E-state index contributed by atoms with van der Waals surface area (Å²) in [5.74, 6) is -1.57. The highest BCUT2D eigenvalue weighted by molar-refractivity contribution is 7.89. The van der Waals surface area contributed by atoms with Crippen molar-refractivity contribution in [3.05, 3.63) is 64.9 Å². The highest BCUT2D eigenvalue weighted by Gasteiger charge is 2.39. The number of aryl methyl sites for hydroxylation is 2. The van der Waals surface area contributed by atoms with Crippen LogP contribution in [0.15, 0.2) is 51.8 Å². The Bertz CT molecular complexity index is 1410. The van der Waals surface area contributed by atoms with Gasteiger partial charge in [0.15, 0.2) is 0 Å². The smallest absolute Gasteiger partial charge is 0.263 e. The summed E-state index contributed by atoms with van der Waals surface area (Å²) in [6.07, 6.45) is 3.71. The van der Waals surface area contributed by atoms with Gasteiger partial charge in [-0.1, -0.05) is 12.1 Å². The molecule has 1 aliphatic heterocycles. The quantitative estimate of drug-likeness (QED) is 0.275. The zero-order chi connectivity index (χ0) is 24.0. The molecule has 1 aromatic heterocycles. The molecule has 2 aliphatic rings. The normalized spacial score (nSPS) is 16.4. The first-order chi connectivity index (χ1) is 16.3. The average Bonchev–Trinajstić information content (AvgIpc) is 3.33. The number of nitrogens with zero attached hydrogens (tertiary/aromatic N) is 1. The predicted octanol–water partition coefficient (Wildman–Crippen LogP) is 1.76. The van der Waals surface area contributed by atoms with Crippen LogP contribution in [0.5, 0.6) is 0 Å². The zero-order valence-electron chi connectivity index (χ0n) is 17.9. The van der Waals surface area contributed by atoms with E-state index in [4.69, 9.17) is 9.62 Å². The summed E-state index contributed by atoms with van der Waals surface area (Å²) >= 11 is 0. The molecule has 0 radical (unpaired) electrons. The van der Waals surface area contributed by atoms with Crippen molar-refractivity contribution in [3.63, 3.8) is 0 Å². The molecule has 3 N–H and O–H groups in total. The van der Waals surface area contributed by atoms with Gasteiger partial charge >= 0.3 is 0 Å². The molecule has 11 heteroatoms. The van der Waals surface area contributed by atoms with Gasteiger partial charge in [0.05, 0.1) is 22.6 Å². The molecule has 0 bridgehead atoms. The standard InChI is InChI=1S/C23H21N3O7S/c27-21(24-30)18(12-26-22(28)16-6-1-2-7-17(16)23(26)29)25-34(31,32)13-9-10-15-14-5-3-4-8-19(14)33-20(15)11-13/h1-2,6-7,9-11,18,25,30H,3-5,8,12H2,(H,24,27)/t18-/m1/s1. The number of fused-ring (bicyclic) bond motifs is 4. The van der Waals surface area contributed by atoms with Crippen molar-refractivity contribution in [1.29, 1.82) is 0 Å². The SMILES string of the molecule is O=C(NO)[C@@H](CN1C(=O)c2ccccc2C1=O)NS(=O)(=O)c1ccc2c3c(oc2c1)CCCC3. The van der Waals surface area contributed by atoms with Crippen LogP contribution in [-0.2, 0) is 27.7 Å². The van der Waals surface area contributed by atoms with Crippen molar-refractivity contribution >= 4 is 38.7 Å². The minimum Gasteiger partial charge on any atom is -0.461 e. The molecule has 176 valence electrons. The zero-order valence-corrected chi connectivity index (χ0v) is 18.7. The first kappa shape index (κ1) is 22.3. The largest absolute Gasteiger partial charge is 0.461 e. The van der Waals surface area contributed by atoms with Gasteiger partial charge in [0.25, 0.3) is 17.7 Å². The van der Waals surface area contributed by atoms with Gasteiger partial charge in [0.2, 0.25) is 10.0 Å². The number of sulfonamides is 1. The lowest BCUT2D eigenvalue weighted by Crippen LogP contribution is -2.53. The van der Waals surface area contributed by atoms with Crippen LogP contribution in [0.25, 0.3) is 11.0 Å². The Morgan fingerprint density at radius 2 is 1.74 bits per heavy atom. The maximum absolute atomic E-state index is 13.1. The molecule has 0 saturated heterocycles. The second-order valence-corrected chi connectivity index (χ2v) is 10.00. The number of benzene rings is 2. The molecule has 34 heavy (non-hydrogen) atoms. The molecule has 0 fully saturated rings. The number of carbonyl (C=O) groups is 3. The molecule has 5 rings (SSSR count). The molecule has 3 aromatic rings. The Morgan fingerprint density at radius 3 is 2.41 bits per heavy atom. The van der Waals surface area contributed by atoms with E-state index in [1.54, 1.807) is 18.2 Å².